The SMILES string of the molecule is O=C(O)c1ccnc(-c2cc(C(=O)O)ccn2)c1.[Cl][Ru][Cl].[Y].[Y].[c-]1ccnc(-c2c[c-]ccn2)c1. The predicted molar refractivity (Wildman–Crippen MR) is 118 cm³/mol. The number of carbonyl (C=O) groups is 2. The topological polar surface area (TPSA) is 126 Å². The van der Waals surface area contributed by atoms with Crippen molar-refractivity contribution in [2.24, 2.45) is 0 Å². The van der Waals surface area contributed by atoms with Gasteiger partial charge in [0.1, 0.15) is 0 Å². The van der Waals surface area contributed by atoms with Gasteiger partial charge in [-0.1, -0.05) is 23.8 Å². The van der Waals surface area contributed by atoms with Crippen LogP contribution >= 0.6 is 19.4 Å². The summed E-state index contributed by atoms with van der Waals surface area (Å²) in [6.07, 6.45) is 6.08. The number of hydrogen-bond acceptors (Lipinski definition) is 6. The second-order valence-corrected chi connectivity index (χ2v) is 8.44. The van der Waals surface area contributed by atoms with Gasteiger partial charge in [-0.15, -0.1) is 0 Å². The minimum atomic E-state index is -1.08. The standard InChI is InChI=1S/C12H8N2O4.C10H6N2.2ClH.Ru.2Y/c15-11(16)7-1-3-13-9(5-7)10-6-8(12(17)18)2-4-14-10;1-3-7-11-9(5-1)10-6-2-4-8-12-10;;;;;/h1-6H,(H,15,16)(H,17,18);3-8H;2*1H;;;/q;-2;;;+2;;/p-2. The average molecular weight is 748 g/mol. The van der Waals surface area contributed by atoms with Crippen LogP contribution in [0.15, 0.2) is 73.3 Å². The maximum Gasteiger partial charge on any atom is 0 e. The molecular weight excluding hydrogens is 734 g/mol. The Morgan fingerprint density at radius 2 is 1.03 bits per heavy atom. The normalized spacial score (nSPS) is 9.09. The first kappa shape index (κ1) is 34.0. The van der Waals surface area contributed by atoms with Gasteiger partial charge in [0.2, 0.25) is 0 Å². The molecule has 4 aromatic heterocycles. The molecule has 0 unspecified atom stereocenters. The zero-order chi connectivity index (χ0) is 24.1. The minimum Gasteiger partial charge on any atom is -0.394 e. The molecule has 0 aliphatic carbocycles. The van der Waals surface area contributed by atoms with E-state index in [1.54, 1.807) is 36.7 Å². The summed E-state index contributed by atoms with van der Waals surface area (Å²) >= 11 is -0.346. The summed E-state index contributed by atoms with van der Waals surface area (Å²) in [5.74, 6) is -2.15. The first-order valence-electron chi connectivity index (χ1n) is 8.85. The smallest absolute Gasteiger partial charge is 0 e. The van der Waals surface area contributed by atoms with Gasteiger partial charge in [-0.3, -0.25) is 9.97 Å². The van der Waals surface area contributed by atoms with Crippen molar-refractivity contribution < 1.29 is 100 Å². The summed E-state index contributed by atoms with van der Waals surface area (Å²) < 4.78 is 0. The molecule has 0 saturated heterocycles. The second kappa shape index (κ2) is 19.1. The van der Waals surface area contributed by atoms with Crippen LogP contribution in [-0.4, -0.2) is 42.1 Å². The molecule has 8 nitrogen and oxygen atoms in total. The number of pyridine rings is 4. The summed E-state index contributed by atoms with van der Waals surface area (Å²) in [4.78, 5) is 37.9. The molecule has 4 aromatic rings. The number of carboxylic acid groups (broad SMARTS) is 2. The predicted octanol–water partition coefficient (Wildman–Crippen LogP) is 4.66. The first-order valence-corrected chi connectivity index (χ1v) is 13.3. The van der Waals surface area contributed by atoms with Crippen LogP contribution < -0.4 is 0 Å². The average Bonchev–Trinajstić information content (AvgIpc) is 2.86. The van der Waals surface area contributed by atoms with E-state index < -0.39 is 11.9 Å². The fourth-order valence-corrected chi connectivity index (χ4v) is 2.34. The van der Waals surface area contributed by atoms with Crippen LogP contribution in [0.2, 0.25) is 0 Å². The van der Waals surface area contributed by atoms with E-state index in [1.807, 2.05) is 0 Å². The number of aromatic nitrogens is 4. The number of carboxylic acids is 2. The van der Waals surface area contributed by atoms with Gasteiger partial charge in [0.05, 0.1) is 22.5 Å². The number of nitrogens with zero attached hydrogens (tertiary/aromatic N) is 4. The van der Waals surface area contributed by atoms with Crippen molar-refractivity contribution in [3.63, 3.8) is 0 Å². The molecule has 35 heavy (non-hydrogen) atoms. The molecule has 176 valence electrons. The molecule has 0 fully saturated rings. The van der Waals surface area contributed by atoms with Crippen LogP contribution in [0.3, 0.4) is 0 Å². The largest absolute Gasteiger partial charge is 0.394 e. The van der Waals surface area contributed by atoms with Gasteiger partial charge >= 0.3 is 46.5 Å². The van der Waals surface area contributed by atoms with Gasteiger partial charge in [-0.25, -0.2) is 9.59 Å². The Morgan fingerprint density at radius 3 is 1.31 bits per heavy atom. The summed E-state index contributed by atoms with van der Waals surface area (Å²) in [7, 11) is 9.71. The van der Waals surface area contributed by atoms with E-state index in [-0.39, 0.29) is 91.7 Å². The molecule has 0 aliphatic rings. The maximum absolute atomic E-state index is 10.8. The van der Waals surface area contributed by atoms with Gasteiger partial charge in [-0.2, -0.15) is 36.4 Å². The summed E-state index contributed by atoms with van der Waals surface area (Å²) in [6.45, 7) is 0. The molecule has 0 bridgehead atoms. The van der Waals surface area contributed by atoms with Crippen LogP contribution in [0.1, 0.15) is 20.7 Å². The van der Waals surface area contributed by atoms with Gasteiger partial charge in [0.15, 0.2) is 0 Å². The number of aromatic carboxylic acids is 2. The van der Waals surface area contributed by atoms with Crippen molar-refractivity contribution in [1.29, 1.82) is 0 Å². The van der Waals surface area contributed by atoms with E-state index in [1.165, 1.54) is 36.7 Å². The first-order chi connectivity index (χ1) is 16.0. The molecule has 2 N–H and O–H groups in total. The molecule has 4 rings (SSSR count). The Kier molecular flexibility index (Phi) is 18.5. The number of hydrogen-bond donors (Lipinski definition) is 2. The van der Waals surface area contributed by atoms with Crippen molar-refractivity contribution in [2.75, 3.05) is 0 Å². The van der Waals surface area contributed by atoms with Crippen LogP contribution in [0.5, 0.6) is 0 Å². The van der Waals surface area contributed by atoms with E-state index in [2.05, 4.69) is 32.1 Å². The van der Waals surface area contributed by atoms with Crippen LogP contribution in [0.25, 0.3) is 22.8 Å². The summed E-state index contributed by atoms with van der Waals surface area (Å²) in [5, 5.41) is 17.7. The number of halogens is 2. The minimum absolute atomic E-state index is 0. The van der Waals surface area contributed by atoms with Crippen molar-refractivity contribution in [3.8, 4) is 22.8 Å². The van der Waals surface area contributed by atoms with Crippen molar-refractivity contribution in [1.82, 2.24) is 19.9 Å². The van der Waals surface area contributed by atoms with Crippen molar-refractivity contribution in [2.45, 2.75) is 0 Å². The molecule has 2 radical (unpaired) electrons. The van der Waals surface area contributed by atoms with Crippen LogP contribution in [0.4, 0.5) is 0 Å². The fourth-order valence-electron chi connectivity index (χ4n) is 2.34. The Hall–Kier alpha value is -1.05. The molecule has 13 heteroatoms. The van der Waals surface area contributed by atoms with Gasteiger partial charge < -0.3 is 20.2 Å². The Morgan fingerprint density at radius 1 is 0.686 bits per heavy atom. The molecule has 4 heterocycles. The number of rotatable bonds is 4. The van der Waals surface area contributed by atoms with Gasteiger partial charge in [0.25, 0.3) is 0 Å². The van der Waals surface area contributed by atoms with E-state index in [4.69, 9.17) is 29.6 Å². The van der Waals surface area contributed by atoms with Crippen molar-refractivity contribution in [3.05, 3.63) is 96.6 Å². The van der Waals surface area contributed by atoms with E-state index in [9.17, 15) is 9.59 Å². The monoisotopic (exact) mass is 748 g/mol. The second-order valence-electron chi connectivity index (χ2n) is 5.80. The van der Waals surface area contributed by atoms with E-state index in [0.717, 1.165) is 11.4 Å². The van der Waals surface area contributed by atoms with Crippen LogP contribution in [-0.2, 0) is 80.6 Å². The molecule has 0 saturated carbocycles. The third kappa shape index (κ3) is 12.2. The molecular formula is C22H14Cl2N4O4RuY2-2. The fraction of sp³-hybridized carbons (Fsp3) is 0. The summed E-state index contributed by atoms with van der Waals surface area (Å²) in [5.41, 5.74) is 2.43. The van der Waals surface area contributed by atoms with Gasteiger partial charge in [-0.05, 0) is 24.3 Å². The van der Waals surface area contributed by atoms with Crippen molar-refractivity contribution >= 4 is 31.3 Å². The third-order valence-electron chi connectivity index (χ3n) is 3.75. The van der Waals surface area contributed by atoms with Crippen LogP contribution in [0, 0.1) is 12.1 Å². The molecule has 0 amide bonds. The Bertz CT molecular complexity index is 1100. The molecule has 0 aliphatic heterocycles. The maximum atomic E-state index is 10.8. The van der Waals surface area contributed by atoms with E-state index >= 15 is 0 Å². The molecule has 0 atom stereocenters. The van der Waals surface area contributed by atoms with Gasteiger partial charge in [0, 0.05) is 77.8 Å². The zero-order valence-electron chi connectivity index (χ0n) is 17.7. The molecule has 0 spiro atoms. The molecule has 0 aromatic carbocycles. The van der Waals surface area contributed by atoms with E-state index in [0.29, 0.717) is 11.4 Å². The Balaban J connectivity index is 0.000000593. The zero-order valence-corrected chi connectivity index (χ0v) is 26.6. The third-order valence-corrected chi connectivity index (χ3v) is 3.75. The quantitative estimate of drug-likeness (QED) is 0.228. The summed E-state index contributed by atoms with van der Waals surface area (Å²) in [6, 6.07) is 18.4. The Labute approximate surface area is 267 Å².